The van der Waals surface area contributed by atoms with Gasteiger partial charge in [-0.3, -0.25) is 4.79 Å². The van der Waals surface area contributed by atoms with Gasteiger partial charge in [-0.1, -0.05) is 31.9 Å². The van der Waals surface area contributed by atoms with Crippen LogP contribution in [0.3, 0.4) is 0 Å². The highest BCUT2D eigenvalue weighted by atomic mass is 16.1. The summed E-state index contributed by atoms with van der Waals surface area (Å²) in [5, 5.41) is 9.02. The Balaban J connectivity index is 1.53. The molecule has 0 saturated heterocycles. The van der Waals surface area contributed by atoms with Crippen LogP contribution in [0, 0.1) is 19.8 Å². The molecule has 27 heavy (non-hydrogen) atoms. The van der Waals surface area contributed by atoms with Crippen LogP contribution in [0.2, 0.25) is 0 Å². The number of aromatic nitrogens is 3. The highest BCUT2D eigenvalue weighted by Gasteiger charge is 2.23. The van der Waals surface area contributed by atoms with Crippen LogP contribution >= 0.6 is 0 Å². The highest BCUT2D eigenvalue weighted by Crippen LogP contribution is 2.25. The van der Waals surface area contributed by atoms with Crippen LogP contribution in [-0.4, -0.2) is 26.5 Å². The highest BCUT2D eigenvalue weighted by molar-refractivity contribution is 5.92. The van der Waals surface area contributed by atoms with E-state index in [1.165, 1.54) is 19.3 Å². The lowest BCUT2D eigenvalue weighted by molar-refractivity contribution is -0.122. The fourth-order valence-corrected chi connectivity index (χ4v) is 4.39. The molecule has 142 valence electrons. The second kappa shape index (κ2) is 7.29. The van der Waals surface area contributed by atoms with Crippen molar-refractivity contribution >= 4 is 22.5 Å². The molecule has 5 nitrogen and oxygen atoms in total. The van der Waals surface area contributed by atoms with Gasteiger partial charge in [0.1, 0.15) is 0 Å². The van der Waals surface area contributed by atoms with Crippen molar-refractivity contribution in [2.24, 2.45) is 5.92 Å². The Morgan fingerprint density at radius 2 is 2.00 bits per heavy atom. The van der Waals surface area contributed by atoms with E-state index in [2.05, 4.69) is 25.2 Å². The zero-order valence-electron chi connectivity index (χ0n) is 16.5. The Morgan fingerprint density at radius 1 is 1.22 bits per heavy atom. The molecule has 1 aromatic carbocycles. The van der Waals surface area contributed by atoms with Crippen LogP contribution < -0.4 is 5.32 Å². The van der Waals surface area contributed by atoms with Gasteiger partial charge in [0, 0.05) is 29.2 Å². The van der Waals surface area contributed by atoms with Gasteiger partial charge in [-0.15, -0.1) is 0 Å². The van der Waals surface area contributed by atoms with Crippen molar-refractivity contribution in [2.45, 2.75) is 65.3 Å². The monoisotopic (exact) mass is 364 g/mol. The van der Waals surface area contributed by atoms with E-state index < -0.39 is 0 Å². The van der Waals surface area contributed by atoms with Gasteiger partial charge in [-0.2, -0.15) is 5.10 Å². The number of fused-ring (bicyclic) bond motifs is 3. The number of nitrogens with one attached hydrogen (secondary N) is 1. The molecule has 1 amide bonds. The van der Waals surface area contributed by atoms with E-state index >= 15 is 0 Å². The van der Waals surface area contributed by atoms with Crippen molar-refractivity contribution in [1.82, 2.24) is 19.9 Å². The summed E-state index contributed by atoms with van der Waals surface area (Å²) < 4.78 is 1.92. The predicted molar refractivity (Wildman–Crippen MR) is 108 cm³/mol. The second-order valence-corrected chi connectivity index (χ2v) is 7.95. The summed E-state index contributed by atoms with van der Waals surface area (Å²) in [7, 11) is 0. The van der Waals surface area contributed by atoms with Gasteiger partial charge in [0.25, 0.3) is 0 Å². The van der Waals surface area contributed by atoms with Crippen LogP contribution in [0.5, 0.6) is 0 Å². The summed E-state index contributed by atoms with van der Waals surface area (Å²) in [5.74, 6) is 0.735. The van der Waals surface area contributed by atoms with E-state index in [0.717, 1.165) is 39.9 Å². The zero-order chi connectivity index (χ0) is 19.0. The number of amides is 1. The Bertz CT molecular complexity index is 991. The summed E-state index contributed by atoms with van der Waals surface area (Å²) in [6.45, 7) is 6.36. The number of nitrogens with zero attached hydrogens (tertiary/aromatic N) is 3. The van der Waals surface area contributed by atoms with E-state index in [9.17, 15) is 4.79 Å². The second-order valence-electron chi connectivity index (χ2n) is 7.95. The number of aryl methyl sites for hydroxylation is 2. The third-order valence-corrected chi connectivity index (χ3v) is 6.08. The lowest BCUT2D eigenvalue weighted by Gasteiger charge is -2.29. The fourth-order valence-electron chi connectivity index (χ4n) is 4.39. The van der Waals surface area contributed by atoms with Crippen LogP contribution in [0.4, 0.5) is 0 Å². The number of hydrogen-bond acceptors (Lipinski definition) is 3. The number of hydrogen-bond donors (Lipinski definition) is 1. The van der Waals surface area contributed by atoms with Crippen LogP contribution in [-0.2, 0) is 11.2 Å². The molecular weight excluding hydrogens is 336 g/mol. The van der Waals surface area contributed by atoms with Crippen LogP contribution in [0.15, 0.2) is 24.3 Å². The molecule has 1 fully saturated rings. The molecule has 1 aliphatic carbocycles. The van der Waals surface area contributed by atoms with Crippen molar-refractivity contribution in [1.29, 1.82) is 0 Å². The average Bonchev–Trinajstić information content (AvgIpc) is 3.02. The van der Waals surface area contributed by atoms with Crippen molar-refractivity contribution in [3.05, 3.63) is 41.2 Å². The Morgan fingerprint density at radius 3 is 2.81 bits per heavy atom. The van der Waals surface area contributed by atoms with E-state index in [4.69, 9.17) is 10.1 Å². The molecule has 2 heterocycles. The number of benzene rings is 1. The summed E-state index contributed by atoms with van der Waals surface area (Å²) in [6.07, 6.45) is 6.04. The van der Waals surface area contributed by atoms with Gasteiger partial charge in [-0.25, -0.2) is 9.50 Å². The molecule has 1 N–H and O–H groups in total. The minimum Gasteiger partial charge on any atom is -0.353 e. The Kier molecular flexibility index (Phi) is 4.85. The number of rotatable bonds is 4. The van der Waals surface area contributed by atoms with Crippen LogP contribution in [0.25, 0.3) is 16.6 Å². The van der Waals surface area contributed by atoms with E-state index in [0.29, 0.717) is 24.8 Å². The third kappa shape index (κ3) is 3.43. The first-order valence-corrected chi connectivity index (χ1v) is 10.1. The fraction of sp³-hybridized carbons (Fsp3) is 0.500. The molecular formula is C22H28N4O. The van der Waals surface area contributed by atoms with E-state index in [1.54, 1.807) is 0 Å². The van der Waals surface area contributed by atoms with Gasteiger partial charge < -0.3 is 5.32 Å². The van der Waals surface area contributed by atoms with Crippen molar-refractivity contribution in [3.63, 3.8) is 0 Å². The topological polar surface area (TPSA) is 59.3 Å². The van der Waals surface area contributed by atoms with Gasteiger partial charge >= 0.3 is 0 Å². The molecule has 0 aliphatic heterocycles. The predicted octanol–water partition coefficient (Wildman–Crippen LogP) is 4.13. The first-order chi connectivity index (χ1) is 13.0. The van der Waals surface area contributed by atoms with Gasteiger partial charge in [-0.05, 0) is 56.7 Å². The normalized spacial score (nSPS) is 20.3. The molecule has 0 radical (unpaired) electrons. The number of carbonyl (C=O) groups is 1. The first-order valence-electron chi connectivity index (χ1n) is 10.1. The van der Waals surface area contributed by atoms with Crippen molar-refractivity contribution in [2.75, 3.05) is 0 Å². The van der Waals surface area contributed by atoms with Gasteiger partial charge in [0.15, 0.2) is 5.65 Å². The molecule has 3 aromatic rings. The first kappa shape index (κ1) is 18.0. The molecule has 2 atom stereocenters. The minimum absolute atomic E-state index is 0.151. The zero-order valence-corrected chi connectivity index (χ0v) is 16.5. The van der Waals surface area contributed by atoms with Gasteiger partial charge in [0.05, 0.1) is 5.52 Å². The molecule has 4 rings (SSSR count). The van der Waals surface area contributed by atoms with Crippen molar-refractivity contribution < 1.29 is 4.79 Å². The molecule has 2 unspecified atom stereocenters. The Labute approximate surface area is 160 Å². The van der Waals surface area contributed by atoms with Crippen molar-refractivity contribution in [3.8, 4) is 0 Å². The maximum absolute atomic E-state index is 12.5. The lowest BCUT2D eigenvalue weighted by Crippen LogP contribution is -2.41. The maximum Gasteiger partial charge on any atom is 0.220 e. The summed E-state index contributed by atoms with van der Waals surface area (Å²) in [6, 6.07) is 8.42. The summed E-state index contributed by atoms with van der Waals surface area (Å²) in [4.78, 5) is 17.3. The SMILES string of the molecule is Cc1nc2c3ccccc3nn2c(C)c1CCC(=O)NC1CCCCC1C. The summed E-state index contributed by atoms with van der Waals surface area (Å²) in [5.41, 5.74) is 5.04. The maximum atomic E-state index is 12.5. The standard InChI is InChI=1S/C22H28N4O/c1-14-8-4-6-10-19(14)24-21(27)13-12-17-15(2)23-22-18-9-5-7-11-20(18)25-26(22)16(17)3/h5,7,9,11,14,19H,4,6,8,10,12-13H2,1-3H3,(H,24,27). The molecule has 5 heteroatoms. The molecule has 2 aromatic heterocycles. The smallest absolute Gasteiger partial charge is 0.220 e. The minimum atomic E-state index is 0.151. The average molecular weight is 364 g/mol. The quantitative estimate of drug-likeness (QED) is 0.757. The Hall–Kier alpha value is -2.43. The lowest BCUT2D eigenvalue weighted by atomic mass is 9.86. The largest absolute Gasteiger partial charge is 0.353 e. The summed E-state index contributed by atoms with van der Waals surface area (Å²) >= 11 is 0. The molecule has 0 bridgehead atoms. The molecule has 1 saturated carbocycles. The molecule has 0 spiro atoms. The third-order valence-electron chi connectivity index (χ3n) is 6.08. The number of carbonyl (C=O) groups excluding carboxylic acids is 1. The van der Waals surface area contributed by atoms with E-state index in [-0.39, 0.29) is 5.91 Å². The van der Waals surface area contributed by atoms with Crippen LogP contribution in [0.1, 0.15) is 56.0 Å². The molecule has 1 aliphatic rings. The van der Waals surface area contributed by atoms with Gasteiger partial charge in [0.2, 0.25) is 5.91 Å². The van der Waals surface area contributed by atoms with E-state index in [1.807, 2.05) is 29.6 Å².